The Hall–Kier alpha value is -1.01. The molecule has 0 N–H and O–H groups in total. The van der Waals surface area contributed by atoms with E-state index in [1.807, 2.05) is 6.92 Å². The van der Waals surface area contributed by atoms with Crippen LogP contribution in [0.3, 0.4) is 0 Å². The van der Waals surface area contributed by atoms with Gasteiger partial charge in [-0.05, 0) is 12.8 Å². The molecule has 0 aliphatic carbocycles. The third kappa shape index (κ3) is 49.0. The normalized spacial score (nSPS) is 11.5. The molecule has 0 fully saturated rings. The maximum absolute atomic E-state index is 11.2. The van der Waals surface area contributed by atoms with Gasteiger partial charge < -0.3 is 61.6 Å². The van der Waals surface area contributed by atoms with Crippen LogP contribution < -0.4 is 0 Å². The molecular formula is C40H80O14. The van der Waals surface area contributed by atoms with Crippen LogP contribution in [0.4, 0.5) is 0 Å². The van der Waals surface area contributed by atoms with E-state index in [0.29, 0.717) is 158 Å². The summed E-state index contributed by atoms with van der Waals surface area (Å²) in [5.41, 5.74) is 0. The topological polar surface area (TPSA) is 137 Å². The second kappa shape index (κ2) is 50.0. The van der Waals surface area contributed by atoms with Crippen LogP contribution in [-0.4, -0.2) is 171 Å². The molecule has 0 aromatic heterocycles. The van der Waals surface area contributed by atoms with Crippen LogP contribution in [0.1, 0.15) is 90.9 Å². The summed E-state index contributed by atoms with van der Waals surface area (Å²) in [6.07, 6.45) is 14.6. The molecule has 14 heteroatoms. The van der Waals surface area contributed by atoms with E-state index in [2.05, 4.69) is 6.92 Å². The van der Waals surface area contributed by atoms with Gasteiger partial charge in [0.25, 0.3) is 0 Å². The van der Waals surface area contributed by atoms with Crippen LogP contribution in [0.25, 0.3) is 0 Å². The lowest BCUT2D eigenvalue weighted by Gasteiger charge is -2.09. The summed E-state index contributed by atoms with van der Waals surface area (Å²) in [5.74, 6) is -0.187. The molecule has 0 amide bonds. The van der Waals surface area contributed by atoms with Crippen molar-refractivity contribution in [2.24, 2.45) is 0 Å². The lowest BCUT2D eigenvalue weighted by Crippen LogP contribution is -2.15. The first-order chi connectivity index (χ1) is 26.8. The molecule has 0 atom stereocenters. The first-order valence-electron chi connectivity index (χ1n) is 20.9. The van der Waals surface area contributed by atoms with Gasteiger partial charge >= 0.3 is 5.97 Å². The average Bonchev–Trinajstić information content (AvgIpc) is 3.17. The Kier molecular flexibility index (Phi) is 49.1. The van der Waals surface area contributed by atoms with Gasteiger partial charge in [0.1, 0.15) is 6.61 Å². The van der Waals surface area contributed by atoms with E-state index in [9.17, 15) is 4.79 Å². The molecule has 0 saturated carbocycles. The molecule has 324 valence electrons. The number of unbranched alkanes of at least 4 members (excludes halogenated alkanes) is 9. The smallest absolute Gasteiger partial charge is 0.305 e. The van der Waals surface area contributed by atoms with Gasteiger partial charge in [0.15, 0.2) is 0 Å². The summed E-state index contributed by atoms with van der Waals surface area (Å²) < 4.78 is 70.9. The number of esters is 1. The monoisotopic (exact) mass is 785 g/mol. The molecule has 0 saturated heterocycles. The van der Waals surface area contributed by atoms with Crippen molar-refractivity contribution in [2.45, 2.75) is 90.9 Å². The fourth-order valence-corrected chi connectivity index (χ4v) is 4.70. The molecule has 54 heavy (non-hydrogen) atoms. The molecular weight excluding hydrogens is 704 g/mol. The predicted octanol–water partition coefficient (Wildman–Crippen LogP) is 5.45. The van der Waals surface area contributed by atoms with E-state index in [0.717, 1.165) is 19.4 Å². The lowest BCUT2D eigenvalue weighted by molar-refractivity contribution is -0.145. The molecule has 0 rings (SSSR count). The quantitative estimate of drug-likeness (QED) is 0.0571. The minimum Gasteiger partial charge on any atom is -0.463 e. The minimum absolute atomic E-state index is 0.187. The summed E-state index contributed by atoms with van der Waals surface area (Å²) in [6, 6.07) is 0. The van der Waals surface area contributed by atoms with Gasteiger partial charge in [0.05, 0.1) is 152 Å². The first-order valence-corrected chi connectivity index (χ1v) is 20.9. The van der Waals surface area contributed by atoms with E-state index >= 15 is 0 Å². The fraction of sp³-hybridized carbons (Fsp3) is 0.975. The van der Waals surface area contributed by atoms with Crippen molar-refractivity contribution in [3.8, 4) is 0 Å². The van der Waals surface area contributed by atoms with Gasteiger partial charge in [-0.25, -0.2) is 0 Å². The Morgan fingerprint density at radius 3 is 0.741 bits per heavy atom. The van der Waals surface area contributed by atoms with Gasteiger partial charge in [0, 0.05) is 13.0 Å². The molecule has 0 aromatic rings. The van der Waals surface area contributed by atoms with E-state index in [1.54, 1.807) is 0 Å². The molecule has 0 spiro atoms. The summed E-state index contributed by atoms with van der Waals surface area (Å²) in [7, 11) is 0. The summed E-state index contributed by atoms with van der Waals surface area (Å²) in [6.45, 7) is 17.1. The van der Waals surface area contributed by atoms with Crippen molar-refractivity contribution < 1.29 is 66.4 Å². The highest BCUT2D eigenvalue weighted by Crippen LogP contribution is 2.10. The van der Waals surface area contributed by atoms with Crippen LogP contribution in [0, 0.1) is 0 Å². The predicted molar refractivity (Wildman–Crippen MR) is 208 cm³/mol. The Balaban J connectivity index is 3.06. The zero-order valence-electron chi connectivity index (χ0n) is 34.4. The zero-order valence-corrected chi connectivity index (χ0v) is 34.4. The van der Waals surface area contributed by atoms with E-state index in [-0.39, 0.29) is 12.6 Å². The highest BCUT2D eigenvalue weighted by Gasteiger charge is 2.00. The van der Waals surface area contributed by atoms with Crippen molar-refractivity contribution in [3.63, 3.8) is 0 Å². The highest BCUT2D eigenvalue weighted by atomic mass is 16.6. The van der Waals surface area contributed by atoms with Gasteiger partial charge in [-0.3, -0.25) is 4.79 Å². The van der Waals surface area contributed by atoms with Gasteiger partial charge in [-0.15, -0.1) is 0 Å². The van der Waals surface area contributed by atoms with Gasteiger partial charge in [0.2, 0.25) is 0 Å². The van der Waals surface area contributed by atoms with Crippen LogP contribution in [-0.2, 0) is 66.4 Å². The Bertz CT molecular complexity index is 691. The van der Waals surface area contributed by atoms with E-state index < -0.39 is 0 Å². The molecule has 0 bridgehead atoms. The lowest BCUT2D eigenvalue weighted by atomic mass is 10.1. The number of ether oxygens (including phenoxy) is 13. The fourth-order valence-electron chi connectivity index (χ4n) is 4.70. The van der Waals surface area contributed by atoms with Crippen molar-refractivity contribution in [3.05, 3.63) is 0 Å². The van der Waals surface area contributed by atoms with E-state index in [4.69, 9.17) is 61.6 Å². The Morgan fingerprint density at radius 1 is 0.259 bits per heavy atom. The van der Waals surface area contributed by atoms with Crippen molar-refractivity contribution >= 4 is 5.97 Å². The maximum atomic E-state index is 11.2. The number of hydrogen-bond donors (Lipinski definition) is 0. The standard InChI is InChI=1S/C40H80O14/c1-3-5-6-7-8-9-10-11-12-13-15-42-16-17-43-18-19-44-20-21-45-22-23-46-24-25-47-26-27-48-28-29-49-30-31-50-32-33-51-34-35-52-36-37-53-38-39-54-40(41)14-4-2/h3-39H2,1-2H3. The van der Waals surface area contributed by atoms with Crippen molar-refractivity contribution in [1.82, 2.24) is 0 Å². The van der Waals surface area contributed by atoms with Crippen molar-refractivity contribution in [2.75, 3.05) is 165 Å². The van der Waals surface area contributed by atoms with Crippen LogP contribution in [0.15, 0.2) is 0 Å². The summed E-state index contributed by atoms with van der Waals surface area (Å²) in [5, 5.41) is 0. The summed E-state index contributed by atoms with van der Waals surface area (Å²) in [4.78, 5) is 11.2. The molecule has 0 aliphatic heterocycles. The first kappa shape index (κ1) is 53.0. The SMILES string of the molecule is CCCCCCCCCCCCOCCOCCOCCOCCOCCOCCOCCOCCOCCOCCOCCOCCOC(=O)CCC. The number of carbonyl (C=O) groups excluding carboxylic acids is 1. The van der Waals surface area contributed by atoms with Crippen LogP contribution >= 0.6 is 0 Å². The number of carbonyl (C=O) groups is 1. The second-order valence-corrected chi connectivity index (χ2v) is 12.5. The highest BCUT2D eigenvalue weighted by molar-refractivity contribution is 5.69. The van der Waals surface area contributed by atoms with Crippen LogP contribution in [0.5, 0.6) is 0 Å². The third-order valence-corrected chi connectivity index (χ3v) is 7.68. The Labute approximate surface area is 328 Å². The van der Waals surface area contributed by atoms with Crippen LogP contribution in [0.2, 0.25) is 0 Å². The average molecular weight is 785 g/mol. The van der Waals surface area contributed by atoms with Crippen molar-refractivity contribution in [1.29, 1.82) is 0 Å². The molecule has 14 nitrogen and oxygen atoms in total. The summed E-state index contributed by atoms with van der Waals surface area (Å²) >= 11 is 0. The zero-order chi connectivity index (χ0) is 38.9. The molecule has 0 unspecified atom stereocenters. The molecule has 0 aromatic carbocycles. The van der Waals surface area contributed by atoms with E-state index in [1.165, 1.54) is 57.8 Å². The Morgan fingerprint density at radius 2 is 0.481 bits per heavy atom. The molecule has 0 radical (unpaired) electrons. The molecule has 0 aliphatic rings. The van der Waals surface area contributed by atoms with Gasteiger partial charge in [-0.2, -0.15) is 0 Å². The third-order valence-electron chi connectivity index (χ3n) is 7.68. The number of hydrogen-bond acceptors (Lipinski definition) is 14. The minimum atomic E-state index is -0.187. The second-order valence-electron chi connectivity index (χ2n) is 12.5. The number of rotatable bonds is 49. The largest absolute Gasteiger partial charge is 0.463 e. The maximum Gasteiger partial charge on any atom is 0.305 e. The van der Waals surface area contributed by atoms with Gasteiger partial charge in [-0.1, -0.05) is 71.6 Å². The molecule has 0 heterocycles.